The molecule has 0 fully saturated rings. The van der Waals surface area contributed by atoms with Crippen molar-refractivity contribution in [2.24, 2.45) is 0 Å². The molecule has 0 aliphatic heterocycles. The molecule has 1 aromatic carbocycles. The first-order valence-electron chi connectivity index (χ1n) is 4.23. The Morgan fingerprint density at radius 3 is 0.917 bits per heavy atom. The molecular formula is C11H20O. The molecule has 0 atom stereocenters. The third kappa shape index (κ3) is 22.9. The quantitative estimate of drug-likeness (QED) is 0.577. The Kier molecular flexibility index (Phi) is 19.1. The summed E-state index contributed by atoms with van der Waals surface area (Å²) in [5.41, 5.74) is 0. The molecular weight excluding hydrogens is 148 g/mol. The van der Waals surface area contributed by atoms with Gasteiger partial charge in [-0.15, -0.1) is 0 Å². The highest BCUT2D eigenvalue weighted by Crippen LogP contribution is 1.79. The monoisotopic (exact) mass is 168 g/mol. The molecule has 0 unspecified atom stereocenters. The van der Waals surface area contributed by atoms with Crippen molar-refractivity contribution < 1.29 is 4.74 Å². The van der Waals surface area contributed by atoms with Gasteiger partial charge >= 0.3 is 0 Å². The van der Waals surface area contributed by atoms with E-state index in [4.69, 9.17) is 0 Å². The normalized spacial score (nSPS) is 7.00. The Hall–Kier alpha value is -0.820. The van der Waals surface area contributed by atoms with Crippen LogP contribution < -0.4 is 0 Å². The van der Waals surface area contributed by atoms with Gasteiger partial charge in [0.05, 0.1) is 0 Å². The first kappa shape index (κ1) is 13.7. The average molecular weight is 168 g/mol. The highest BCUT2D eigenvalue weighted by atomic mass is 16.4. The molecule has 12 heavy (non-hydrogen) atoms. The summed E-state index contributed by atoms with van der Waals surface area (Å²) in [5, 5.41) is 0. The van der Waals surface area contributed by atoms with Crippen molar-refractivity contribution >= 4 is 0 Å². The Morgan fingerprint density at radius 1 is 0.750 bits per heavy atom. The standard InChI is InChI=1S/C6H6.C3H8.C2H6O/c1-2-4-6-5-3-1;2*1-3-2/h1-6H;3H2,1-2H3;1-2H3. The molecule has 0 aliphatic rings. The van der Waals surface area contributed by atoms with Gasteiger partial charge in [-0.25, -0.2) is 0 Å². The maximum Gasteiger partial charge on any atom is 0.0351 e. The molecule has 1 aromatic rings. The van der Waals surface area contributed by atoms with Crippen molar-refractivity contribution in [1.29, 1.82) is 0 Å². The van der Waals surface area contributed by atoms with Gasteiger partial charge in [-0.3, -0.25) is 0 Å². The van der Waals surface area contributed by atoms with E-state index in [1.54, 1.807) is 14.2 Å². The van der Waals surface area contributed by atoms with Crippen molar-refractivity contribution in [3.8, 4) is 0 Å². The van der Waals surface area contributed by atoms with Crippen molar-refractivity contribution in [2.45, 2.75) is 20.3 Å². The predicted octanol–water partition coefficient (Wildman–Crippen LogP) is 3.37. The van der Waals surface area contributed by atoms with Gasteiger partial charge in [-0.2, -0.15) is 0 Å². The zero-order valence-corrected chi connectivity index (χ0v) is 8.58. The van der Waals surface area contributed by atoms with Crippen LogP contribution in [0, 0.1) is 0 Å². The minimum Gasteiger partial charge on any atom is -0.388 e. The second-order valence-electron chi connectivity index (χ2n) is 2.27. The van der Waals surface area contributed by atoms with E-state index in [-0.39, 0.29) is 0 Å². The fourth-order valence-corrected chi connectivity index (χ4v) is 0.385. The summed E-state index contributed by atoms with van der Waals surface area (Å²) < 4.78 is 4.25. The van der Waals surface area contributed by atoms with E-state index in [0.29, 0.717) is 0 Å². The molecule has 1 rings (SSSR count). The lowest BCUT2D eigenvalue weighted by atomic mass is 10.4. The highest BCUT2D eigenvalue weighted by molar-refractivity contribution is 4.99. The maximum atomic E-state index is 4.25. The van der Waals surface area contributed by atoms with Gasteiger partial charge in [0, 0.05) is 14.2 Å². The SMILES string of the molecule is CCC.COC.c1ccccc1. The van der Waals surface area contributed by atoms with E-state index in [9.17, 15) is 0 Å². The molecule has 0 spiro atoms. The molecule has 0 saturated carbocycles. The topological polar surface area (TPSA) is 9.23 Å². The number of hydrogen-bond donors (Lipinski definition) is 0. The van der Waals surface area contributed by atoms with Crippen molar-refractivity contribution in [2.75, 3.05) is 14.2 Å². The molecule has 0 radical (unpaired) electrons. The van der Waals surface area contributed by atoms with Crippen LogP contribution in [0.1, 0.15) is 20.3 Å². The van der Waals surface area contributed by atoms with Crippen LogP contribution in [-0.4, -0.2) is 14.2 Å². The van der Waals surface area contributed by atoms with Crippen LogP contribution in [0.2, 0.25) is 0 Å². The summed E-state index contributed by atoms with van der Waals surface area (Å²) in [6.07, 6.45) is 1.25. The zero-order valence-electron chi connectivity index (χ0n) is 8.58. The minimum absolute atomic E-state index is 1.25. The number of hydrogen-bond acceptors (Lipinski definition) is 1. The Morgan fingerprint density at radius 2 is 0.833 bits per heavy atom. The fourth-order valence-electron chi connectivity index (χ4n) is 0.385. The summed E-state index contributed by atoms with van der Waals surface area (Å²) in [4.78, 5) is 0. The number of ether oxygens (including phenoxy) is 1. The van der Waals surface area contributed by atoms with Gasteiger partial charge in [0.25, 0.3) is 0 Å². The Balaban J connectivity index is 0. The third-order valence-corrected chi connectivity index (χ3v) is 0.667. The molecule has 0 bridgehead atoms. The molecule has 0 aromatic heterocycles. The van der Waals surface area contributed by atoms with Crippen LogP contribution in [0.25, 0.3) is 0 Å². The molecule has 0 amide bonds. The van der Waals surface area contributed by atoms with Gasteiger partial charge < -0.3 is 4.74 Å². The predicted molar refractivity (Wildman–Crippen MR) is 55.3 cm³/mol. The van der Waals surface area contributed by atoms with Crippen molar-refractivity contribution in [3.63, 3.8) is 0 Å². The summed E-state index contributed by atoms with van der Waals surface area (Å²) in [6, 6.07) is 12.0. The van der Waals surface area contributed by atoms with E-state index in [2.05, 4.69) is 18.6 Å². The lowest BCUT2D eigenvalue weighted by Gasteiger charge is -1.69. The van der Waals surface area contributed by atoms with Crippen LogP contribution in [0.15, 0.2) is 36.4 Å². The van der Waals surface area contributed by atoms with Crippen LogP contribution in [0.5, 0.6) is 0 Å². The molecule has 0 saturated heterocycles. The van der Waals surface area contributed by atoms with Gasteiger partial charge in [0.15, 0.2) is 0 Å². The van der Waals surface area contributed by atoms with Crippen LogP contribution in [-0.2, 0) is 4.74 Å². The van der Waals surface area contributed by atoms with Crippen molar-refractivity contribution in [1.82, 2.24) is 0 Å². The lowest BCUT2D eigenvalue weighted by Crippen LogP contribution is -1.55. The van der Waals surface area contributed by atoms with E-state index >= 15 is 0 Å². The molecule has 0 aliphatic carbocycles. The Bertz CT molecular complexity index is 97.0. The molecule has 1 heteroatoms. The smallest absolute Gasteiger partial charge is 0.0351 e. The van der Waals surface area contributed by atoms with E-state index < -0.39 is 0 Å². The lowest BCUT2D eigenvalue weighted by molar-refractivity contribution is 0.277. The maximum absolute atomic E-state index is 4.25. The first-order valence-corrected chi connectivity index (χ1v) is 4.23. The summed E-state index contributed by atoms with van der Waals surface area (Å²) in [5.74, 6) is 0. The Labute approximate surface area is 76.4 Å². The average Bonchev–Trinajstić information content (AvgIpc) is 2.10. The van der Waals surface area contributed by atoms with E-state index in [1.165, 1.54) is 6.42 Å². The second-order valence-corrected chi connectivity index (χ2v) is 2.27. The van der Waals surface area contributed by atoms with Crippen molar-refractivity contribution in [3.05, 3.63) is 36.4 Å². The van der Waals surface area contributed by atoms with Crippen LogP contribution in [0.3, 0.4) is 0 Å². The van der Waals surface area contributed by atoms with Crippen LogP contribution in [0.4, 0.5) is 0 Å². The first-order chi connectivity index (χ1) is 5.83. The summed E-state index contributed by atoms with van der Waals surface area (Å²) in [7, 11) is 3.25. The highest BCUT2D eigenvalue weighted by Gasteiger charge is 1.57. The van der Waals surface area contributed by atoms with E-state index in [0.717, 1.165) is 0 Å². The third-order valence-electron chi connectivity index (χ3n) is 0.667. The number of methoxy groups -OCH3 is 1. The largest absolute Gasteiger partial charge is 0.388 e. The molecule has 0 heterocycles. The van der Waals surface area contributed by atoms with E-state index in [1.807, 2.05) is 36.4 Å². The second kappa shape index (κ2) is 16.6. The molecule has 70 valence electrons. The number of benzene rings is 1. The van der Waals surface area contributed by atoms with Crippen LogP contribution >= 0.6 is 0 Å². The zero-order chi connectivity index (χ0) is 9.66. The molecule has 0 N–H and O–H groups in total. The van der Waals surface area contributed by atoms with Gasteiger partial charge in [-0.1, -0.05) is 56.7 Å². The van der Waals surface area contributed by atoms with Gasteiger partial charge in [-0.05, 0) is 0 Å². The van der Waals surface area contributed by atoms with Gasteiger partial charge in [0.2, 0.25) is 0 Å². The number of rotatable bonds is 0. The molecule has 1 nitrogen and oxygen atoms in total. The summed E-state index contributed by atoms with van der Waals surface area (Å²) in [6.45, 7) is 4.25. The minimum atomic E-state index is 1.25. The fraction of sp³-hybridized carbons (Fsp3) is 0.455. The van der Waals surface area contributed by atoms with Gasteiger partial charge in [0.1, 0.15) is 0 Å². The summed E-state index contributed by atoms with van der Waals surface area (Å²) >= 11 is 0.